The molecule has 3 nitrogen and oxygen atoms in total. The van der Waals surface area contributed by atoms with Crippen molar-refractivity contribution in [3.05, 3.63) is 35.9 Å². The molecule has 3 heteroatoms. The second-order valence-electron chi connectivity index (χ2n) is 3.20. The quantitative estimate of drug-likeness (QED) is 0.718. The van der Waals surface area contributed by atoms with Crippen molar-refractivity contribution in [1.29, 1.82) is 0 Å². The van der Waals surface area contributed by atoms with Crippen molar-refractivity contribution in [3.8, 4) is 5.75 Å². The Morgan fingerprint density at radius 2 is 1.94 bits per heavy atom. The number of hydrogen-bond donors (Lipinski definition) is 1. The minimum atomic E-state index is 0.0621. The van der Waals surface area contributed by atoms with Gasteiger partial charge >= 0.3 is 0 Å². The molecule has 0 aliphatic heterocycles. The third kappa shape index (κ3) is 4.96. The van der Waals surface area contributed by atoms with E-state index in [1.807, 2.05) is 37.3 Å². The number of benzene rings is 1. The van der Waals surface area contributed by atoms with Gasteiger partial charge in [-0.15, -0.1) is 0 Å². The Balaban J connectivity index is 2.36. The van der Waals surface area contributed by atoms with Crippen molar-refractivity contribution >= 4 is 6.08 Å². The summed E-state index contributed by atoms with van der Waals surface area (Å²) in [5.74, 6) is 0.834. The molecule has 0 atom stereocenters. The van der Waals surface area contributed by atoms with Gasteiger partial charge in [0.2, 0.25) is 0 Å². The molecule has 0 saturated heterocycles. The molecular weight excluding hydrogens is 204 g/mol. The van der Waals surface area contributed by atoms with Gasteiger partial charge in [0.25, 0.3) is 0 Å². The molecule has 1 rings (SSSR count). The average molecular weight is 222 g/mol. The second-order valence-corrected chi connectivity index (χ2v) is 3.20. The van der Waals surface area contributed by atoms with Crippen molar-refractivity contribution in [2.75, 3.05) is 26.4 Å². The summed E-state index contributed by atoms with van der Waals surface area (Å²) < 4.78 is 10.6. The number of aliphatic hydroxyl groups excluding tert-OH is 1. The van der Waals surface area contributed by atoms with Crippen LogP contribution in [0.2, 0.25) is 0 Å². The monoisotopic (exact) mass is 222 g/mol. The maximum Gasteiger partial charge on any atom is 0.119 e. The van der Waals surface area contributed by atoms with E-state index in [4.69, 9.17) is 14.6 Å². The maximum absolute atomic E-state index is 8.62. The van der Waals surface area contributed by atoms with E-state index in [-0.39, 0.29) is 6.61 Å². The summed E-state index contributed by atoms with van der Waals surface area (Å²) in [7, 11) is 0. The van der Waals surface area contributed by atoms with Gasteiger partial charge in [0.15, 0.2) is 0 Å². The van der Waals surface area contributed by atoms with Gasteiger partial charge in [-0.2, -0.15) is 0 Å². The standard InChI is InChI=1S/C13H18O3/c1-2-15-10-11-16-13-7-5-12(6-8-13)4-3-9-14/h3-8,14H,2,9-11H2,1H3. The molecule has 0 unspecified atom stereocenters. The molecular formula is C13H18O3. The average Bonchev–Trinajstić information content (AvgIpc) is 2.33. The van der Waals surface area contributed by atoms with Crippen LogP contribution in [0.25, 0.3) is 6.08 Å². The molecule has 0 fully saturated rings. The lowest BCUT2D eigenvalue weighted by molar-refractivity contribution is 0.110. The van der Waals surface area contributed by atoms with E-state index in [0.29, 0.717) is 19.8 Å². The fourth-order valence-corrected chi connectivity index (χ4v) is 1.23. The topological polar surface area (TPSA) is 38.7 Å². The molecule has 0 aromatic heterocycles. The summed E-state index contributed by atoms with van der Waals surface area (Å²) in [4.78, 5) is 0. The molecule has 0 bridgehead atoms. The molecule has 0 radical (unpaired) electrons. The first kappa shape index (κ1) is 12.7. The van der Waals surface area contributed by atoms with Crippen LogP contribution in [-0.2, 0) is 4.74 Å². The molecule has 16 heavy (non-hydrogen) atoms. The fourth-order valence-electron chi connectivity index (χ4n) is 1.23. The lowest BCUT2D eigenvalue weighted by Crippen LogP contribution is -2.06. The van der Waals surface area contributed by atoms with Gasteiger partial charge in [-0.1, -0.05) is 24.3 Å². The summed E-state index contributed by atoms with van der Waals surface area (Å²) in [6.07, 6.45) is 3.56. The zero-order chi connectivity index (χ0) is 11.6. The minimum absolute atomic E-state index is 0.0621. The molecule has 0 amide bonds. The van der Waals surface area contributed by atoms with Crippen LogP contribution in [0.15, 0.2) is 30.3 Å². The predicted octanol–water partition coefficient (Wildman–Crippen LogP) is 2.11. The van der Waals surface area contributed by atoms with Crippen LogP contribution in [0.3, 0.4) is 0 Å². The number of hydrogen-bond acceptors (Lipinski definition) is 3. The highest BCUT2D eigenvalue weighted by atomic mass is 16.5. The normalized spacial score (nSPS) is 10.9. The molecule has 1 aromatic carbocycles. The Morgan fingerprint density at radius 1 is 1.19 bits per heavy atom. The molecule has 1 aromatic rings. The lowest BCUT2D eigenvalue weighted by Gasteiger charge is -2.06. The van der Waals surface area contributed by atoms with E-state index < -0.39 is 0 Å². The number of rotatable bonds is 7. The Hall–Kier alpha value is -1.32. The highest BCUT2D eigenvalue weighted by Gasteiger charge is 1.93. The highest BCUT2D eigenvalue weighted by molar-refractivity contribution is 5.50. The Kier molecular flexibility index (Phi) is 6.30. The Morgan fingerprint density at radius 3 is 2.56 bits per heavy atom. The van der Waals surface area contributed by atoms with E-state index in [9.17, 15) is 0 Å². The molecule has 0 aliphatic carbocycles. The highest BCUT2D eigenvalue weighted by Crippen LogP contribution is 2.12. The van der Waals surface area contributed by atoms with Crippen LogP contribution in [0.1, 0.15) is 12.5 Å². The van der Waals surface area contributed by atoms with Crippen LogP contribution in [-0.4, -0.2) is 31.5 Å². The van der Waals surface area contributed by atoms with Crippen molar-refractivity contribution < 1.29 is 14.6 Å². The largest absolute Gasteiger partial charge is 0.491 e. The minimum Gasteiger partial charge on any atom is -0.491 e. The molecule has 88 valence electrons. The molecule has 0 heterocycles. The molecule has 0 spiro atoms. The number of ether oxygens (including phenoxy) is 2. The van der Waals surface area contributed by atoms with Crippen molar-refractivity contribution in [2.24, 2.45) is 0 Å². The SMILES string of the molecule is CCOCCOc1ccc(C=CCO)cc1. The van der Waals surface area contributed by atoms with Crippen molar-refractivity contribution in [2.45, 2.75) is 6.92 Å². The lowest BCUT2D eigenvalue weighted by atomic mass is 10.2. The summed E-state index contributed by atoms with van der Waals surface area (Å²) in [6, 6.07) is 7.70. The molecule has 1 N–H and O–H groups in total. The van der Waals surface area contributed by atoms with Gasteiger partial charge < -0.3 is 14.6 Å². The number of aliphatic hydroxyl groups is 1. The second kappa shape index (κ2) is 7.91. The van der Waals surface area contributed by atoms with Crippen LogP contribution in [0.4, 0.5) is 0 Å². The van der Waals surface area contributed by atoms with Crippen LogP contribution in [0, 0.1) is 0 Å². The summed E-state index contributed by atoms with van der Waals surface area (Å²) >= 11 is 0. The molecule has 0 saturated carbocycles. The van der Waals surface area contributed by atoms with Gasteiger partial charge in [-0.05, 0) is 24.6 Å². The summed E-state index contributed by atoms with van der Waals surface area (Å²) in [5.41, 5.74) is 1.05. The smallest absolute Gasteiger partial charge is 0.119 e. The zero-order valence-corrected chi connectivity index (χ0v) is 9.56. The van der Waals surface area contributed by atoms with E-state index in [1.54, 1.807) is 6.08 Å². The molecule has 0 aliphatic rings. The van der Waals surface area contributed by atoms with Gasteiger partial charge in [-0.3, -0.25) is 0 Å². The van der Waals surface area contributed by atoms with E-state index in [2.05, 4.69) is 0 Å². The fraction of sp³-hybridized carbons (Fsp3) is 0.385. The third-order valence-corrected chi connectivity index (χ3v) is 2.00. The zero-order valence-electron chi connectivity index (χ0n) is 9.56. The van der Waals surface area contributed by atoms with E-state index >= 15 is 0 Å². The third-order valence-electron chi connectivity index (χ3n) is 2.00. The van der Waals surface area contributed by atoms with Crippen LogP contribution < -0.4 is 4.74 Å². The van der Waals surface area contributed by atoms with Gasteiger partial charge in [-0.25, -0.2) is 0 Å². The van der Waals surface area contributed by atoms with Crippen molar-refractivity contribution in [3.63, 3.8) is 0 Å². The first-order valence-corrected chi connectivity index (χ1v) is 5.45. The van der Waals surface area contributed by atoms with Crippen molar-refractivity contribution in [1.82, 2.24) is 0 Å². The van der Waals surface area contributed by atoms with Crippen LogP contribution >= 0.6 is 0 Å². The summed E-state index contributed by atoms with van der Waals surface area (Å²) in [5, 5.41) is 8.62. The first-order valence-electron chi connectivity index (χ1n) is 5.45. The maximum atomic E-state index is 8.62. The van der Waals surface area contributed by atoms with E-state index in [1.165, 1.54) is 0 Å². The van der Waals surface area contributed by atoms with Gasteiger partial charge in [0.05, 0.1) is 13.2 Å². The Labute approximate surface area is 96.3 Å². The first-order chi connectivity index (χ1) is 7.86. The summed E-state index contributed by atoms with van der Waals surface area (Å²) in [6.45, 7) is 3.92. The van der Waals surface area contributed by atoms with Gasteiger partial charge in [0.1, 0.15) is 12.4 Å². The van der Waals surface area contributed by atoms with Crippen LogP contribution in [0.5, 0.6) is 5.75 Å². The Bertz CT molecular complexity index is 303. The predicted molar refractivity (Wildman–Crippen MR) is 64.5 cm³/mol. The van der Waals surface area contributed by atoms with E-state index in [0.717, 1.165) is 11.3 Å². The van der Waals surface area contributed by atoms with Gasteiger partial charge in [0, 0.05) is 6.61 Å².